The van der Waals surface area contributed by atoms with Gasteiger partial charge in [0, 0.05) is 10.0 Å². The lowest BCUT2D eigenvalue weighted by Crippen LogP contribution is -2.15. The van der Waals surface area contributed by atoms with Gasteiger partial charge < -0.3 is 4.98 Å². The van der Waals surface area contributed by atoms with Crippen LogP contribution in [0.15, 0.2) is 31.9 Å². The normalized spacial score (nSPS) is 11.1. The van der Waals surface area contributed by atoms with Crippen LogP contribution < -0.4 is 5.56 Å². The minimum atomic E-state index is -0.190. The molecule has 20 heavy (non-hydrogen) atoms. The van der Waals surface area contributed by atoms with E-state index in [1.807, 2.05) is 12.1 Å². The Morgan fingerprint density at radius 3 is 2.65 bits per heavy atom. The summed E-state index contributed by atoms with van der Waals surface area (Å²) in [5, 5.41) is 0.542. The van der Waals surface area contributed by atoms with E-state index in [1.165, 1.54) is 0 Å². The number of hydrogen-bond acceptors (Lipinski definition) is 2. The molecule has 6 heteroatoms. The fraction of sp³-hybridized carbons (Fsp3) is 0.286. The number of H-pyrrole nitrogens is 1. The smallest absolute Gasteiger partial charge is 0.265 e. The standard InChI is InChI=1S/C14H13Br2ClN2O/c1-7(2)5-11-12(16)14(20)19-13(18-11)9-4-3-8(15)6-10(9)17/h3-4,6-7H,5H2,1-2H3,(H,18,19,20). The van der Waals surface area contributed by atoms with Crippen LogP contribution in [0.1, 0.15) is 19.5 Å². The Bertz CT molecular complexity index is 698. The Labute approximate surface area is 139 Å². The van der Waals surface area contributed by atoms with Gasteiger partial charge in [0.25, 0.3) is 5.56 Å². The fourth-order valence-electron chi connectivity index (χ4n) is 1.84. The molecule has 2 rings (SSSR count). The van der Waals surface area contributed by atoms with Gasteiger partial charge in [0.15, 0.2) is 0 Å². The van der Waals surface area contributed by atoms with Crippen LogP contribution in [0.3, 0.4) is 0 Å². The molecule has 0 spiro atoms. The molecule has 0 bridgehead atoms. The first-order valence-corrected chi connectivity index (χ1v) is 8.09. The monoisotopic (exact) mass is 418 g/mol. The summed E-state index contributed by atoms with van der Waals surface area (Å²) in [5.74, 6) is 0.903. The summed E-state index contributed by atoms with van der Waals surface area (Å²) in [6.07, 6.45) is 0.728. The average molecular weight is 421 g/mol. The molecule has 0 aliphatic heterocycles. The molecule has 0 saturated carbocycles. The maximum atomic E-state index is 12.0. The van der Waals surface area contributed by atoms with Crippen LogP contribution in [0.25, 0.3) is 11.4 Å². The van der Waals surface area contributed by atoms with Crippen LogP contribution in [0.5, 0.6) is 0 Å². The van der Waals surface area contributed by atoms with Crippen molar-refractivity contribution in [2.75, 3.05) is 0 Å². The summed E-state index contributed by atoms with van der Waals surface area (Å²) in [7, 11) is 0. The highest BCUT2D eigenvalue weighted by Crippen LogP contribution is 2.28. The van der Waals surface area contributed by atoms with E-state index >= 15 is 0 Å². The Morgan fingerprint density at radius 2 is 2.05 bits per heavy atom. The van der Waals surface area contributed by atoms with E-state index in [2.05, 4.69) is 55.7 Å². The molecule has 0 atom stereocenters. The zero-order valence-electron chi connectivity index (χ0n) is 11.0. The number of nitrogens with zero attached hydrogens (tertiary/aromatic N) is 1. The molecule has 3 nitrogen and oxygen atoms in total. The maximum Gasteiger partial charge on any atom is 0.265 e. The van der Waals surface area contributed by atoms with E-state index in [0.717, 1.165) is 16.6 Å². The molecule has 1 aromatic heterocycles. The average Bonchev–Trinajstić information content (AvgIpc) is 2.34. The Balaban J connectivity index is 2.57. The second-order valence-corrected chi connectivity index (χ2v) is 7.01. The van der Waals surface area contributed by atoms with Gasteiger partial charge in [0.2, 0.25) is 0 Å². The largest absolute Gasteiger partial charge is 0.305 e. The zero-order chi connectivity index (χ0) is 14.9. The Morgan fingerprint density at radius 1 is 1.35 bits per heavy atom. The van der Waals surface area contributed by atoms with Gasteiger partial charge in [-0.3, -0.25) is 4.79 Å². The van der Waals surface area contributed by atoms with E-state index in [-0.39, 0.29) is 5.56 Å². The number of halogens is 3. The molecule has 0 unspecified atom stereocenters. The van der Waals surface area contributed by atoms with Crippen molar-refractivity contribution in [2.45, 2.75) is 20.3 Å². The van der Waals surface area contributed by atoms with Crippen molar-refractivity contribution in [1.29, 1.82) is 0 Å². The highest BCUT2D eigenvalue weighted by Gasteiger charge is 2.13. The number of hydrogen-bond donors (Lipinski definition) is 1. The molecule has 0 amide bonds. The fourth-order valence-corrected chi connectivity index (χ4v) is 2.95. The molecule has 0 fully saturated rings. The lowest BCUT2D eigenvalue weighted by atomic mass is 10.1. The van der Waals surface area contributed by atoms with Gasteiger partial charge in [0.05, 0.1) is 10.7 Å². The summed E-state index contributed by atoms with van der Waals surface area (Å²) >= 11 is 12.9. The van der Waals surface area contributed by atoms with Gasteiger partial charge in [-0.1, -0.05) is 41.4 Å². The van der Waals surface area contributed by atoms with Gasteiger partial charge in [-0.15, -0.1) is 0 Å². The van der Waals surface area contributed by atoms with Crippen molar-refractivity contribution < 1.29 is 0 Å². The summed E-state index contributed by atoms with van der Waals surface area (Å²) in [6, 6.07) is 5.48. The van der Waals surface area contributed by atoms with E-state index in [0.29, 0.717) is 26.8 Å². The number of rotatable bonds is 3. The van der Waals surface area contributed by atoms with Crippen LogP contribution in [0.2, 0.25) is 5.02 Å². The molecule has 1 N–H and O–H groups in total. The Hall–Kier alpha value is -0.650. The molecule has 106 valence electrons. The van der Waals surface area contributed by atoms with Crippen LogP contribution in [0, 0.1) is 5.92 Å². The topological polar surface area (TPSA) is 45.8 Å². The first-order valence-electron chi connectivity index (χ1n) is 6.12. The number of nitrogens with one attached hydrogen (secondary N) is 1. The second-order valence-electron chi connectivity index (χ2n) is 4.90. The summed E-state index contributed by atoms with van der Waals surface area (Å²) in [4.78, 5) is 19.3. The molecule has 2 aromatic rings. The highest BCUT2D eigenvalue weighted by molar-refractivity contribution is 9.10. The maximum absolute atomic E-state index is 12.0. The molecular formula is C14H13Br2ClN2O. The molecule has 1 aromatic carbocycles. The van der Waals surface area contributed by atoms with Gasteiger partial charge in [0.1, 0.15) is 10.3 Å². The lowest BCUT2D eigenvalue weighted by Gasteiger charge is -2.10. The molecule has 1 heterocycles. The van der Waals surface area contributed by atoms with Crippen molar-refractivity contribution >= 4 is 43.5 Å². The van der Waals surface area contributed by atoms with Crippen molar-refractivity contribution in [1.82, 2.24) is 9.97 Å². The highest BCUT2D eigenvalue weighted by atomic mass is 79.9. The van der Waals surface area contributed by atoms with E-state index < -0.39 is 0 Å². The van der Waals surface area contributed by atoms with Gasteiger partial charge in [-0.25, -0.2) is 4.98 Å². The molecular weight excluding hydrogens is 407 g/mol. The van der Waals surface area contributed by atoms with Crippen LogP contribution in [0.4, 0.5) is 0 Å². The first-order chi connectivity index (χ1) is 9.38. The van der Waals surface area contributed by atoms with Crippen molar-refractivity contribution in [2.24, 2.45) is 5.92 Å². The zero-order valence-corrected chi connectivity index (χ0v) is 14.9. The minimum Gasteiger partial charge on any atom is -0.305 e. The molecule has 0 saturated heterocycles. The Kier molecular flexibility index (Phi) is 5.04. The molecule has 0 radical (unpaired) electrons. The van der Waals surface area contributed by atoms with E-state index in [4.69, 9.17) is 11.6 Å². The molecule has 0 aliphatic carbocycles. The van der Waals surface area contributed by atoms with Gasteiger partial charge in [-0.05, 0) is 46.5 Å². The second kappa shape index (κ2) is 6.41. The van der Waals surface area contributed by atoms with E-state index in [1.54, 1.807) is 6.07 Å². The number of aromatic nitrogens is 2. The number of aromatic amines is 1. The molecule has 0 aliphatic rings. The van der Waals surface area contributed by atoms with Crippen molar-refractivity contribution in [3.63, 3.8) is 0 Å². The predicted molar refractivity (Wildman–Crippen MR) is 89.2 cm³/mol. The van der Waals surface area contributed by atoms with Gasteiger partial charge in [-0.2, -0.15) is 0 Å². The van der Waals surface area contributed by atoms with E-state index in [9.17, 15) is 4.79 Å². The summed E-state index contributed by atoms with van der Waals surface area (Å²) < 4.78 is 1.37. The van der Waals surface area contributed by atoms with Crippen LogP contribution in [-0.4, -0.2) is 9.97 Å². The summed E-state index contributed by atoms with van der Waals surface area (Å²) in [6.45, 7) is 4.17. The van der Waals surface area contributed by atoms with Gasteiger partial charge >= 0.3 is 0 Å². The van der Waals surface area contributed by atoms with Crippen molar-refractivity contribution in [3.8, 4) is 11.4 Å². The van der Waals surface area contributed by atoms with Crippen molar-refractivity contribution in [3.05, 3.63) is 48.2 Å². The quantitative estimate of drug-likeness (QED) is 0.774. The third-order valence-corrected chi connectivity index (χ3v) is 4.34. The van der Waals surface area contributed by atoms with Crippen LogP contribution in [-0.2, 0) is 6.42 Å². The first kappa shape index (κ1) is 15.7. The third-order valence-electron chi connectivity index (χ3n) is 2.72. The summed E-state index contributed by atoms with van der Waals surface area (Å²) in [5.41, 5.74) is 1.27. The SMILES string of the molecule is CC(C)Cc1nc(-c2ccc(Br)cc2Cl)[nH]c(=O)c1Br. The minimum absolute atomic E-state index is 0.190. The third kappa shape index (κ3) is 3.51. The number of benzene rings is 1. The predicted octanol–water partition coefficient (Wildman–Crippen LogP) is 4.81. The van der Waals surface area contributed by atoms with Crippen LogP contribution >= 0.6 is 43.5 Å². The lowest BCUT2D eigenvalue weighted by molar-refractivity contribution is 0.631.